The number of rotatable bonds is 4. The molecule has 0 aliphatic carbocycles. The quantitative estimate of drug-likeness (QED) is 0.844. The van der Waals surface area contributed by atoms with Crippen LogP contribution in [0, 0.1) is 0 Å². The highest BCUT2D eigenvalue weighted by Gasteiger charge is 2.27. The highest BCUT2D eigenvalue weighted by molar-refractivity contribution is 7.88. The van der Waals surface area contributed by atoms with Gasteiger partial charge in [-0.3, -0.25) is 14.6 Å². The lowest BCUT2D eigenvalue weighted by molar-refractivity contribution is 0.314. The van der Waals surface area contributed by atoms with E-state index in [1.807, 2.05) is 10.7 Å². The number of hydrogen-bond acceptors (Lipinski definition) is 5. The van der Waals surface area contributed by atoms with Gasteiger partial charge in [0.05, 0.1) is 23.8 Å². The van der Waals surface area contributed by atoms with Crippen LogP contribution in [0.5, 0.6) is 0 Å². The smallest absolute Gasteiger partial charge is 0.211 e. The Morgan fingerprint density at radius 1 is 1.25 bits per heavy atom. The molecule has 1 aliphatic rings. The first-order valence-electron chi connectivity index (χ1n) is 8.17. The number of piperidine rings is 1. The van der Waals surface area contributed by atoms with Crippen molar-refractivity contribution in [3.8, 4) is 11.4 Å². The maximum absolute atomic E-state index is 11.8. The van der Waals surface area contributed by atoms with Crippen LogP contribution < -0.4 is 0 Å². The molecule has 0 spiro atoms. The second-order valence-corrected chi connectivity index (χ2v) is 8.52. The standard InChI is InChI=1S/C16H23N5O2S/c1-12(2)21-16(6-7-19-21)15-10-17-14(9-18-15)13-5-4-8-20(11-13)24(3,22)23/h6-7,9-10,12-13H,4-5,8,11H2,1-3H3. The number of hydrogen-bond donors (Lipinski definition) is 0. The van der Waals surface area contributed by atoms with E-state index in [1.54, 1.807) is 18.6 Å². The van der Waals surface area contributed by atoms with Gasteiger partial charge in [-0.1, -0.05) is 0 Å². The van der Waals surface area contributed by atoms with Crippen molar-refractivity contribution in [3.05, 3.63) is 30.4 Å². The fraction of sp³-hybridized carbons (Fsp3) is 0.562. The largest absolute Gasteiger partial charge is 0.261 e. The summed E-state index contributed by atoms with van der Waals surface area (Å²) in [6, 6.07) is 2.17. The summed E-state index contributed by atoms with van der Waals surface area (Å²) in [5, 5.41) is 4.32. The van der Waals surface area contributed by atoms with Crippen LogP contribution >= 0.6 is 0 Å². The Morgan fingerprint density at radius 3 is 2.67 bits per heavy atom. The first-order chi connectivity index (χ1) is 11.4. The zero-order chi connectivity index (χ0) is 17.3. The van der Waals surface area contributed by atoms with Crippen molar-refractivity contribution in [1.29, 1.82) is 0 Å². The molecule has 0 aromatic carbocycles. The van der Waals surface area contributed by atoms with E-state index in [0.29, 0.717) is 13.1 Å². The highest BCUT2D eigenvalue weighted by atomic mass is 32.2. The van der Waals surface area contributed by atoms with Crippen molar-refractivity contribution in [3.63, 3.8) is 0 Å². The summed E-state index contributed by atoms with van der Waals surface area (Å²) >= 11 is 0. The molecule has 3 rings (SSSR count). The van der Waals surface area contributed by atoms with Crippen LogP contribution in [-0.4, -0.2) is 51.8 Å². The lowest BCUT2D eigenvalue weighted by Gasteiger charge is -2.30. The van der Waals surface area contributed by atoms with Crippen LogP contribution in [0.3, 0.4) is 0 Å². The highest BCUT2D eigenvalue weighted by Crippen LogP contribution is 2.27. The summed E-state index contributed by atoms with van der Waals surface area (Å²) < 4.78 is 27.0. The maximum atomic E-state index is 11.8. The minimum atomic E-state index is -3.15. The molecule has 0 N–H and O–H groups in total. The summed E-state index contributed by atoms with van der Waals surface area (Å²) in [5.41, 5.74) is 2.56. The molecule has 24 heavy (non-hydrogen) atoms. The molecule has 1 aliphatic heterocycles. The van der Waals surface area contributed by atoms with Crippen LogP contribution in [-0.2, 0) is 10.0 Å². The molecule has 2 aromatic heterocycles. The Labute approximate surface area is 142 Å². The van der Waals surface area contributed by atoms with Gasteiger partial charge >= 0.3 is 0 Å². The lowest BCUT2D eigenvalue weighted by Crippen LogP contribution is -2.38. The summed E-state index contributed by atoms with van der Waals surface area (Å²) in [6.07, 6.45) is 8.33. The van der Waals surface area contributed by atoms with Crippen molar-refractivity contribution in [2.75, 3.05) is 19.3 Å². The van der Waals surface area contributed by atoms with Crippen LogP contribution in [0.4, 0.5) is 0 Å². The third kappa shape index (κ3) is 3.49. The summed E-state index contributed by atoms with van der Waals surface area (Å²) in [6.45, 7) is 5.21. The van der Waals surface area contributed by atoms with Crippen molar-refractivity contribution >= 4 is 10.0 Å². The lowest BCUT2D eigenvalue weighted by atomic mass is 9.96. The average Bonchev–Trinajstić information content (AvgIpc) is 3.04. The van der Waals surface area contributed by atoms with Gasteiger partial charge in [0, 0.05) is 37.4 Å². The van der Waals surface area contributed by atoms with E-state index in [9.17, 15) is 8.42 Å². The predicted molar refractivity (Wildman–Crippen MR) is 92.0 cm³/mol. The minimum absolute atomic E-state index is 0.102. The molecule has 7 nitrogen and oxygen atoms in total. The third-order valence-corrected chi connectivity index (χ3v) is 5.63. The Balaban J connectivity index is 1.81. The van der Waals surface area contributed by atoms with Crippen molar-refractivity contribution in [2.45, 2.75) is 38.6 Å². The van der Waals surface area contributed by atoms with Crippen LogP contribution in [0.15, 0.2) is 24.7 Å². The van der Waals surface area contributed by atoms with E-state index in [4.69, 9.17) is 0 Å². The van der Waals surface area contributed by atoms with Gasteiger partial charge in [0.15, 0.2) is 0 Å². The molecule has 1 saturated heterocycles. The van der Waals surface area contributed by atoms with Crippen LogP contribution in [0.25, 0.3) is 11.4 Å². The Hall–Kier alpha value is -1.80. The average molecular weight is 349 g/mol. The normalized spacial score (nSPS) is 19.8. The number of aromatic nitrogens is 4. The van der Waals surface area contributed by atoms with E-state index in [2.05, 4.69) is 28.9 Å². The van der Waals surface area contributed by atoms with Crippen LogP contribution in [0.2, 0.25) is 0 Å². The summed E-state index contributed by atoms with van der Waals surface area (Å²) in [5.74, 6) is 0.102. The molecule has 1 atom stereocenters. The molecule has 8 heteroatoms. The van der Waals surface area contributed by atoms with Gasteiger partial charge in [0.2, 0.25) is 10.0 Å². The second kappa shape index (κ2) is 6.60. The van der Waals surface area contributed by atoms with Gasteiger partial charge in [-0.25, -0.2) is 12.7 Å². The monoisotopic (exact) mass is 349 g/mol. The molecule has 0 bridgehead atoms. The fourth-order valence-corrected chi connectivity index (χ4v) is 4.01. The van der Waals surface area contributed by atoms with Gasteiger partial charge in [0.1, 0.15) is 5.69 Å². The van der Waals surface area contributed by atoms with Gasteiger partial charge in [0.25, 0.3) is 0 Å². The SMILES string of the molecule is CC(C)n1nccc1-c1cnc(C2CCCN(S(C)(=O)=O)C2)cn1. The molecular formula is C16H23N5O2S. The molecule has 0 saturated carbocycles. The molecular weight excluding hydrogens is 326 g/mol. The molecule has 130 valence electrons. The van der Waals surface area contributed by atoms with E-state index >= 15 is 0 Å². The Morgan fingerprint density at radius 2 is 2.04 bits per heavy atom. The van der Waals surface area contributed by atoms with E-state index in [0.717, 1.165) is 29.9 Å². The van der Waals surface area contributed by atoms with E-state index < -0.39 is 10.0 Å². The van der Waals surface area contributed by atoms with Crippen molar-refractivity contribution in [1.82, 2.24) is 24.1 Å². The van der Waals surface area contributed by atoms with E-state index in [1.165, 1.54) is 10.6 Å². The first-order valence-corrected chi connectivity index (χ1v) is 10.0. The van der Waals surface area contributed by atoms with Gasteiger partial charge in [-0.15, -0.1) is 0 Å². The summed E-state index contributed by atoms with van der Waals surface area (Å²) in [4.78, 5) is 9.09. The van der Waals surface area contributed by atoms with Gasteiger partial charge in [-0.2, -0.15) is 5.10 Å². The van der Waals surface area contributed by atoms with Gasteiger partial charge < -0.3 is 0 Å². The minimum Gasteiger partial charge on any atom is -0.261 e. The van der Waals surface area contributed by atoms with Crippen LogP contribution in [0.1, 0.15) is 44.3 Å². The van der Waals surface area contributed by atoms with Crippen molar-refractivity contribution in [2.24, 2.45) is 0 Å². The third-order valence-electron chi connectivity index (χ3n) is 4.37. The molecule has 0 amide bonds. The Bertz CT molecular complexity index is 798. The molecule has 3 heterocycles. The fourth-order valence-electron chi connectivity index (χ4n) is 3.09. The number of nitrogens with zero attached hydrogens (tertiary/aromatic N) is 5. The van der Waals surface area contributed by atoms with E-state index in [-0.39, 0.29) is 12.0 Å². The zero-order valence-electron chi connectivity index (χ0n) is 14.3. The number of sulfonamides is 1. The maximum Gasteiger partial charge on any atom is 0.211 e. The zero-order valence-corrected chi connectivity index (χ0v) is 15.1. The predicted octanol–water partition coefficient (Wildman–Crippen LogP) is 2.06. The first kappa shape index (κ1) is 17.0. The molecule has 0 radical (unpaired) electrons. The van der Waals surface area contributed by atoms with Gasteiger partial charge in [-0.05, 0) is 32.8 Å². The second-order valence-electron chi connectivity index (χ2n) is 6.54. The molecule has 1 unspecified atom stereocenters. The van der Waals surface area contributed by atoms with Crippen molar-refractivity contribution < 1.29 is 8.42 Å². The molecule has 2 aromatic rings. The molecule has 1 fully saturated rings. The topological polar surface area (TPSA) is 81.0 Å². The summed E-state index contributed by atoms with van der Waals surface area (Å²) in [7, 11) is -3.15. The Kier molecular flexibility index (Phi) is 4.69.